The summed E-state index contributed by atoms with van der Waals surface area (Å²) < 4.78 is 7.37. The number of ether oxygens (including phenoxy) is 1. The van der Waals surface area contributed by atoms with E-state index in [9.17, 15) is 5.11 Å². The molecule has 2 aromatic rings. The van der Waals surface area contributed by atoms with Gasteiger partial charge >= 0.3 is 0 Å². The minimum Gasteiger partial charge on any atom is -0.493 e. The Hall–Kier alpha value is -1.92. The second-order valence-electron chi connectivity index (χ2n) is 7.21. The van der Waals surface area contributed by atoms with E-state index >= 15 is 0 Å². The zero-order chi connectivity index (χ0) is 16.7. The van der Waals surface area contributed by atoms with Gasteiger partial charge in [0.25, 0.3) is 0 Å². The number of nitrogens with zero attached hydrogens (tertiary/aromatic N) is 4. The van der Waals surface area contributed by atoms with Crippen molar-refractivity contribution < 1.29 is 9.84 Å². The lowest BCUT2D eigenvalue weighted by Crippen LogP contribution is -2.31. The summed E-state index contributed by atoms with van der Waals surface area (Å²) in [5.41, 5.74) is 2.35. The molecule has 0 spiro atoms. The van der Waals surface area contributed by atoms with Crippen molar-refractivity contribution in [2.75, 3.05) is 19.7 Å². The van der Waals surface area contributed by atoms with Crippen molar-refractivity contribution in [2.24, 2.45) is 0 Å². The Labute approximate surface area is 142 Å². The van der Waals surface area contributed by atoms with Crippen LogP contribution in [0.4, 0.5) is 0 Å². The lowest BCUT2D eigenvalue weighted by Gasteiger charge is -2.21. The molecule has 0 aliphatic carbocycles. The van der Waals surface area contributed by atoms with E-state index in [-0.39, 0.29) is 6.04 Å². The van der Waals surface area contributed by atoms with Crippen LogP contribution in [0.25, 0.3) is 0 Å². The number of aromatic nitrogens is 3. The Balaban J connectivity index is 1.45. The highest BCUT2D eigenvalue weighted by Gasteiger charge is 2.40. The average Bonchev–Trinajstić information content (AvgIpc) is 3.26. The summed E-state index contributed by atoms with van der Waals surface area (Å²) in [6.45, 7) is 7.19. The lowest BCUT2D eigenvalue weighted by molar-refractivity contribution is 0.0408. The van der Waals surface area contributed by atoms with Crippen molar-refractivity contribution in [1.82, 2.24) is 19.9 Å². The Morgan fingerprint density at radius 3 is 3.04 bits per heavy atom. The molecule has 0 saturated carbocycles. The van der Waals surface area contributed by atoms with Crippen molar-refractivity contribution >= 4 is 0 Å². The highest BCUT2D eigenvalue weighted by molar-refractivity contribution is 5.39. The molecule has 1 aromatic carbocycles. The van der Waals surface area contributed by atoms with Crippen LogP contribution in [0.15, 0.2) is 24.4 Å². The number of β-amino-alcohol motifs (C(OH)–C–C–N with tert-alkyl or cyclic N) is 1. The molecule has 1 N–H and O–H groups in total. The van der Waals surface area contributed by atoms with E-state index < -0.39 is 5.60 Å². The molecule has 2 aliphatic rings. The van der Waals surface area contributed by atoms with Gasteiger partial charge in [0.05, 0.1) is 12.8 Å². The van der Waals surface area contributed by atoms with Gasteiger partial charge in [0.1, 0.15) is 17.0 Å². The molecule has 0 radical (unpaired) electrons. The predicted molar refractivity (Wildman–Crippen MR) is 89.8 cm³/mol. The van der Waals surface area contributed by atoms with Crippen LogP contribution in [0.5, 0.6) is 5.75 Å². The number of rotatable bonds is 4. The molecule has 4 rings (SSSR count). The maximum absolute atomic E-state index is 11.0. The van der Waals surface area contributed by atoms with E-state index in [0.29, 0.717) is 18.7 Å². The monoisotopic (exact) mass is 328 g/mol. The minimum atomic E-state index is -0.896. The van der Waals surface area contributed by atoms with Gasteiger partial charge in [0.2, 0.25) is 0 Å². The summed E-state index contributed by atoms with van der Waals surface area (Å²) >= 11 is 0. The Kier molecular flexibility index (Phi) is 3.81. The fourth-order valence-corrected chi connectivity index (χ4v) is 3.55. The van der Waals surface area contributed by atoms with Gasteiger partial charge in [-0.15, -0.1) is 5.10 Å². The Morgan fingerprint density at radius 2 is 2.25 bits per heavy atom. The molecular formula is C18H24N4O2. The van der Waals surface area contributed by atoms with Crippen LogP contribution in [-0.2, 0) is 18.6 Å². The zero-order valence-electron chi connectivity index (χ0n) is 14.3. The molecule has 6 heteroatoms. The number of benzene rings is 1. The zero-order valence-corrected chi connectivity index (χ0v) is 14.3. The van der Waals surface area contributed by atoms with Gasteiger partial charge in [-0.1, -0.05) is 17.3 Å². The van der Waals surface area contributed by atoms with Crippen molar-refractivity contribution in [3.63, 3.8) is 0 Å². The molecule has 2 aliphatic heterocycles. The first-order valence-electron chi connectivity index (χ1n) is 8.65. The molecule has 1 fully saturated rings. The van der Waals surface area contributed by atoms with Crippen molar-refractivity contribution in [1.29, 1.82) is 0 Å². The van der Waals surface area contributed by atoms with Gasteiger partial charge < -0.3 is 9.84 Å². The van der Waals surface area contributed by atoms with Crippen LogP contribution in [0.3, 0.4) is 0 Å². The predicted octanol–water partition coefficient (Wildman–Crippen LogP) is 1.89. The lowest BCUT2D eigenvalue weighted by atomic mass is 10.00. The number of likely N-dealkylation sites (tertiary alicyclic amines) is 1. The second-order valence-corrected chi connectivity index (χ2v) is 7.21. The Bertz CT molecular complexity index is 742. The van der Waals surface area contributed by atoms with Crippen LogP contribution in [0.2, 0.25) is 0 Å². The third kappa shape index (κ3) is 2.80. The third-order valence-electron chi connectivity index (χ3n) is 5.00. The summed E-state index contributed by atoms with van der Waals surface area (Å²) in [7, 11) is 0. The summed E-state index contributed by atoms with van der Waals surface area (Å²) in [6.07, 6.45) is 3.56. The molecule has 0 amide bonds. The van der Waals surface area contributed by atoms with Crippen molar-refractivity contribution in [3.05, 3.63) is 41.2 Å². The van der Waals surface area contributed by atoms with Gasteiger partial charge in [-0.25, -0.2) is 4.68 Å². The number of hydrogen-bond acceptors (Lipinski definition) is 5. The van der Waals surface area contributed by atoms with E-state index in [4.69, 9.17) is 4.74 Å². The third-order valence-corrected chi connectivity index (χ3v) is 5.00. The fourth-order valence-electron chi connectivity index (χ4n) is 3.55. The summed E-state index contributed by atoms with van der Waals surface area (Å²) in [4.78, 5) is 2.28. The highest BCUT2D eigenvalue weighted by atomic mass is 16.5. The second kappa shape index (κ2) is 5.86. The number of aliphatic hydroxyl groups is 1. The van der Waals surface area contributed by atoms with Gasteiger partial charge in [-0.05, 0) is 37.5 Å². The maximum Gasteiger partial charge on any atom is 0.124 e. The first-order chi connectivity index (χ1) is 11.5. The van der Waals surface area contributed by atoms with Gasteiger partial charge in [0.15, 0.2) is 0 Å². The molecular weight excluding hydrogens is 304 g/mol. The summed E-state index contributed by atoms with van der Waals surface area (Å²) in [5.74, 6) is 1.02. The standard InChI is InChI=1S/C18H24N4O2/c1-13(2)22-11-17(19-20-22)18(23)6-7-21(12-18)10-14-3-4-16-15(9-14)5-8-24-16/h3-4,9,11,13,23H,5-8,10,12H2,1-2H3. The van der Waals surface area contributed by atoms with E-state index in [1.807, 2.05) is 6.20 Å². The average molecular weight is 328 g/mol. The number of hydrogen-bond donors (Lipinski definition) is 1. The molecule has 0 bridgehead atoms. The largest absolute Gasteiger partial charge is 0.493 e. The van der Waals surface area contributed by atoms with Crippen LogP contribution in [-0.4, -0.2) is 44.7 Å². The van der Waals surface area contributed by atoms with E-state index in [0.717, 1.165) is 31.9 Å². The van der Waals surface area contributed by atoms with Crippen LogP contribution in [0, 0.1) is 0 Å². The molecule has 1 aromatic heterocycles. The van der Waals surface area contributed by atoms with Crippen molar-refractivity contribution in [2.45, 2.75) is 44.9 Å². The van der Waals surface area contributed by atoms with E-state index in [1.54, 1.807) is 4.68 Å². The molecule has 1 saturated heterocycles. The molecule has 3 heterocycles. The highest BCUT2D eigenvalue weighted by Crippen LogP contribution is 2.32. The topological polar surface area (TPSA) is 63.4 Å². The SMILES string of the molecule is CC(C)n1cc(C2(O)CCN(Cc3ccc4c(c3)CCO4)C2)nn1. The molecule has 1 atom stereocenters. The Morgan fingerprint density at radius 1 is 1.38 bits per heavy atom. The maximum atomic E-state index is 11.0. The molecule has 6 nitrogen and oxygen atoms in total. The van der Waals surface area contributed by atoms with E-state index in [1.165, 1.54) is 11.1 Å². The normalized spacial score (nSPS) is 23.7. The molecule has 1 unspecified atom stereocenters. The fraction of sp³-hybridized carbons (Fsp3) is 0.556. The van der Waals surface area contributed by atoms with Crippen LogP contribution in [0.1, 0.15) is 43.1 Å². The molecule has 24 heavy (non-hydrogen) atoms. The van der Waals surface area contributed by atoms with Gasteiger partial charge in [-0.2, -0.15) is 0 Å². The summed E-state index contributed by atoms with van der Waals surface area (Å²) in [6, 6.07) is 6.67. The van der Waals surface area contributed by atoms with Crippen molar-refractivity contribution in [3.8, 4) is 5.75 Å². The first-order valence-corrected chi connectivity index (χ1v) is 8.65. The molecule has 128 valence electrons. The van der Waals surface area contributed by atoms with E-state index in [2.05, 4.69) is 47.3 Å². The summed E-state index contributed by atoms with van der Waals surface area (Å²) in [5, 5.41) is 19.3. The van der Waals surface area contributed by atoms with Gasteiger partial charge in [0, 0.05) is 32.1 Å². The van der Waals surface area contributed by atoms with Crippen LogP contribution < -0.4 is 4.74 Å². The number of fused-ring (bicyclic) bond motifs is 1. The first kappa shape index (κ1) is 15.6. The van der Waals surface area contributed by atoms with Crippen LogP contribution >= 0.6 is 0 Å². The minimum absolute atomic E-state index is 0.251. The quantitative estimate of drug-likeness (QED) is 0.928. The smallest absolute Gasteiger partial charge is 0.124 e. The van der Waals surface area contributed by atoms with Gasteiger partial charge in [-0.3, -0.25) is 4.90 Å².